The second-order valence-electron chi connectivity index (χ2n) is 8.55. The van der Waals surface area contributed by atoms with Crippen molar-refractivity contribution in [3.05, 3.63) is 53.5 Å². The summed E-state index contributed by atoms with van der Waals surface area (Å²) in [6.07, 6.45) is 1.81. The van der Waals surface area contributed by atoms with Crippen molar-refractivity contribution >= 4 is 23.1 Å². The number of amides is 1. The predicted octanol–water partition coefficient (Wildman–Crippen LogP) is 4.58. The SMILES string of the molecule is COc1ccc(NC(=O)OCC2CC3CCN2CC3c2cc(-c3cccs3)nn2C)cc1. The summed E-state index contributed by atoms with van der Waals surface area (Å²) in [7, 11) is 3.67. The highest BCUT2D eigenvalue weighted by Gasteiger charge is 2.42. The summed E-state index contributed by atoms with van der Waals surface area (Å²) in [6.45, 7) is 2.46. The van der Waals surface area contributed by atoms with Crippen LogP contribution in [0.1, 0.15) is 24.5 Å². The molecule has 4 atom stereocenters. The van der Waals surface area contributed by atoms with Crippen LogP contribution in [0.4, 0.5) is 10.5 Å². The van der Waals surface area contributed by atoms with Crippen molar-refractivity contribution in [3.63, 3.8) is 0 Å². The number of carbonyl (C=O) groups is 1. The standard InChI is InChI=1S/C24H28N4O3S/c1-27-22(13-21(26-27)23-4-3-11-32-23)20-14-28-10-9-16(20)12-18(28)15-31-24(29)25-17-5-7-19(30-2)8-6-17/h3-8,11,13,16,18,20H,9-10,12,14-15H2,1-2H3,(H,25,29). The molecule has 5 heterocycles. The van der Waals surface area contributed by atoms with E-state index in [1.54, 1.807) is 30.6 Å². The number of nitrogens with one attached hydrogen (secondary N) is 1. The van der Waals surface area contributed by atoms with Crippen molar-refractivity contribution in [1.29, 1.82) is 0 Å². The smallest absolute Gasteiger partial charge is 0.411 e. The van der Waals surface area contributed by atoms with Gasteiger partial charge in [0.25, 0.3) is 0 Å². The molecule has 3 aliphatic rings. The molecule has 1 amide bonds. The van der Waals surface area contributed by atoms with E-state index in [1.807, 2.05) is 19.2 Å². The largest absolute Gasteiger partial charge is 0.497 e. The second kappa shape index (κ2) is 8.96. The maximum Gasteiger partial charge on any atom is 0.411 e. The van der Waals surface area contributed by atoms with Crippen molar-refractivity contribution < 1.29 is 14.3 Å². The zero-order chi connectivity index (χ0) is 22.1. The summed E-state index contributed by atoms with van der Waals surface area (Å²) in [4.78, 5) is 16.0. The Kier molecular flexibility index (Phi) is 5.89. The number of hydrogen-bond acceptors (Lipinski definition) is 6. The van der Waals surface area contributed by atoms with Crippen LogP contribution >= 0.6 is 11.3 Å². The highest BCUT2D eigenvalue weighted by Crippen LogP contribution is 2.42. The Bertz CT molecular complexity index is 1060. The predicted molar refractivity (Wildman–Crippen MR) is 125 cm³/mol. The van der Waals surface area contributed by atoms with E-state index in [4.69, 9.17) is 14.6 Å². The van der Waals surface area contributed by atoms with E-state index >= 15 is 0 Å². The number of aromatic nitrogens is 2. The van der Waals surface area contributed by atoms with Crippen molar-refractivity contribution in [2.24, 2.45) is 13.0 Å². The first-order chi connectivity index (χ1) is 15.6. The summed E-state index contributed by atoms with van der Waals surface area (Å²) in [5.74, 6) is 1.81. The van der Waals surface area contributed by atoms with Gasteiger partial charge in [0, 0.05) is 36.9 Å². The zero-order valence-electron chi connectivity index (χ0n) is 18.4. The van der Waals surface area contributed by atoms with E-state index in [1.165, 1.54) is 17.0 Å². The number of methoxy groups -OCH3 is 1. The topological polar surface area (TPSA) is 68.6 Å². The fourth-order valence-electron chi connectivity index (χ4n) is 5.02. The van der Waals surface area contributed by atoms with Crippen LogP contribution in [0.15, 0.2) is 47.8 Å². The molecule has 2 aromatic heterocycles. The number of piperidine rings is 3. The monoisotopic (exact) mass is 452 g/mol. The summed E-state index contributed by atoms with van der Waals surface area (Å²) < 4.78 is 12.8. The molecule has 32 heavy (non-hydrogen) atoms. The molecule has 1 aromatic carbocycles. The lowest BCUT2D eigenvalue weighted by atomic mass is 9.74. The van der Waals surface area contributed by atoms with E-state index in [0.717, 1.165) is 31.0 Å². The molecule has 3 saturated heterocycles. The number of aryl methyl sites for hydroxylation is 1. The third-order valence-electron chi connectivity index (χ3n) is 6.69. The molecule has 3 fully saturated rings. The average molecular weight is 453 g/mol. The minimum Gasteiger partial charge on any atom is -0.497 e. The first kappa shape index (κ1) is 21.0. The molecule has 3 aliphatic heterocycles. The molecule has 0 radical (unpaired) electrons. The Morgan fingerprint density at radius 1 is 1.28 bits per heavy atom. The van der Waals surface area contributed by atoms with Crippen molar-refractivity contribution in [2.45, 2.75) is 24.8 Å². The normalized spacial score (nSPS) is 24.3. The van der Waals surface area contributed by atoms with E-state index in [9.17, 15) is 4.79 Å². The van der Waals surface area contributed by atoms with Gasteiger partial charge >= 0.3 is 6.09 Å². The minimum absolute atomic E-state index is 0.275. The number of benzene rings is 1. The molecule has 7 nitrogen and oxygen atoms in total. The van der Waals surface area contributed by atoms with Gasteiger partial charge in [-0.2, -0.15) is 5.10 Å². The fraction of sp³-hybridized carbons (Fsp3) is 0.417. The lowest BCUT2D eigenvalue weighted by molar-refractivity contribution is -0.00222. The maximum atomic E-state index is 12.3. The highest BCUT2D eigenvalue weighted by atomic mass is 32.1. The Morgan fingerprint density at radius 3 is 2.81 bits per heavy atom. The van der Waals surface area contributed by atoms with Gasteiger partial charge in [0.15, 0.2) is 0 Å². The van der Waals surface area contributed by atoms with Crippen molar-refractivity contribution in [2.75, 3.05) is 32.1 Å². The van der Waals surface area contributed by atoms with Crippen LogP contribution in [0.2, 0.25) is 0 Å². The molecule has 2 bridgehead atoms. The minimum atomic E-state index is -0.415. The van der Waals surface area contributed by atoms with E-state index in [0.29, 0.717) is 24.1 Å². The van der Waals surface area contributed by atoms with Gasteiger partial charge in [-0.05, 0) is 67.1 Å². The van der Waals surface area contributed by atoms with Crippen molar-refractivity contribution in [3.8, 4) is 16.3 Å². The van der Waals surface area contributed by atoms with Gasteiger partial charge in [-0.3, -0.25) is 14.9 Å². The number of anilines is 1. The molecular weight excluding hydrogens is 424 g/mol. The third-order valence-corrected chi connectivity index (χ3v) is 7.58. The number of nitrogens with zero attached hydrogens (tertiary/aromatic N) is 3. The number of carbonyl (C=O) groups excluding carboxylic acids is 1. The van der Waals surface area contributed by atoms with Crippen LogP contribution in [0.25, 0.3) is 10.6 Å². The lowest BCUT2D eigenvalue weighted by Crippen LogP contribution is -2.54. The van der Waals surface area contributed by atoms with Gasteiger partial charge in [0.2, 0.25) is 0 Å². The summed E-state index contributed by atoms with van der Waals surface area (Å²) in [6, 6.07) is 13.9. The number of hydrogen-bond donors (Lipinski definition) is 1. The third kappa shape index (κ3) is 4.25. The molecule has 1 N–H and O–H groups in total. The first-order valence-electron chi connectivity index (χ1n) is 11.0. The lowest BCUT2D eigenvalue weighted by Gasteiger charge is -2.49. The van der Waals surface area contributed by atoms with Gasteiger partial charge in [0.1, 0.15) is 18.1 Å². The fourth-order valence-corrected chi connectivity index (χ4v) is 5.70. The molecular formula is C24H28N4O3S. The van der Waals surface area contributed by atoms with E-state index < -0.39 is 6.09 Å². The molecule has 8 heteroatoms. The molecule has 168 valence electrons. The molecule has 6 rings (SSSR count). The molecule has 4 unspecified atom stereocenters. The van der Waals surface area contributed by atoms with Gasteiger partial charge in [-0.25, -0.2) is 4.79 Å². The van der Waals surface area contributed by atoms with Crippen LogP contribution in [0, 0.1) is 5.92 Å². The van der Waals surface area contributed by atoms with Crippen LogP contribution in [0.5, 0.6) is 5.75 Å². The van der Waals surface area contributed by atoms with Gasteiger partial charge in [0.05, 0.1) is 12.0 Å². The Morgan fingerprint density at radius 2 is 2.12 bits per heavy atom. The summed E-state index contributed by atoms with van der Waals surface area (Å²) in [5, 5.41) is 9.64. The maximum absolute atomic E-state index is 12.3. The summed E-state index contributed by atoms with van der Waals surface area (Å²) >= 11 is 1.73. The Balaban J connectivity index is 1.18. The Hall–Kier alpha value is -2.84. The van der Waals surface area contributed by atoms with Crippen molar-refractivity contribution in [1.82, 2.24) is 14.7 Å². The average Bonchev–Trinajstić information content (AvgIpc) is 3.48. The van der Waals surface area contributed by atoms with E-state index in [2.05, 4.69) is 38.5 Å². The number of thiophene rings is 1. The quantitative estimate of drug-likeness (QED) is 0.593. The first-order valence-corrected chi connectivity index (χ1v) is 11.9. The summed E-state index contributed by atoms with van der Waals surface area (Å²) in [5.41, 5.74) is 3.06. The highest BCUT2D eigenvalue weighted by molar-refractivity contribution is 7.13. The van der Waals surface area contributed by atoms with Crippen LogP contribution in [-0.2, 0) is 11.8 Å². The van der Waals surface area contributed by atoms with Gasteiger partial charge < -0.3 is 9.47 Å². The molecule has 0 aliphatic carbocycles. The number of rotatable bonds is 6. The van der Waals surface area contributed by atoms with Crippen LogP contribution in [0.3, 0.4) is 0 Å². The zero-order valence-corrected chi connectivity index (χ0v) is 19.2. The second-order valence-corrected chi connectivity index (χ2v) is 9.49. The molecule has 0 saturated carbocycles. The van der Waals surface area contributed by atoms with E-state index in [-0.39, 0.29) is 6.04 Å². The molecule has 0 spiro atoms. The van der Waals surface area contributed by atoms with Crippen LogP contribution in [-0.4, -0.2) is 53.6 Å². The Labute approximate surface area is 191 Å². The van der Waals surface area contributed by atoms with Gasteiger partial charge in [-0.15, -0.1) is 11.3 Å². The van der Waals surface area contributed by atoms with Gasteiger partial charge in [-0.1, -0.05) is 6.07 Å². The number of ether oxygens (including phenoxy) is 2. The molecule has 3 aromatic rings. The van der Waals surface area contributed by atoms with Crippen LogP contribution < -0.4 is 10.1 Å². The number of fused-ring (bicyclic) bond motifs is 3.